The van der Waals surface area contributed by atoms with Gasteiger partial charge in [0.05, 0.1) is 21.1 Å². The van der Waals surface area contributed by atoms with Crippen LogP contribution >= 0.6 is 38.3 Å². The first kappa shape index (κ1) is 33.9. The van der Waals surface area contributed by atoms with E-state index in [1.54, 1.807) is 10.8 Å². The average molecular weight is 636 g/mol. The second-order valence-corrected chi connectivity index (χ2v) is 11.5. The molecule has 3 aromatic heterocycles. The van der Waals surface area contributed by atoms with Gasteiger partial charge >= 0.3 is 5.69 Å². The quantitative estimate of drug-likeness (QED) is 0.180. The summed E-state index contributed by atoms with van der Waals surface area (Å²) >= 11 is 1.36. The molecular weight excluding hydrogens is 599 g/mol. The van der Waals surface area contributed by atoms with E-state index < -0.39 is 5.69 Å². The molecule has 1 saturated carbocycles. The summed E-state index contributed by atoms with van der Waals surface area (Å²) < 4.78 is 8.17. The zero-order valence-electron chi connectivity index (χ0n) is 23.2. The fraction of sp³-hybridized carbons (Fsp3) is 0.273. The van der Waals surface area contributed by atoms with Gasteiger partial charge < -0.3 is 9.84 Å². The molecule has 1 aliphatic carbocycles. The Labute approximate surface area is 268 Å². The molecule has 3 heterocycles. The number of benzene rings is 2. The minimum Gasteiger partial charge on any atom is -0.511 e. The lowest BCUT2D eigenvalue weighted by Gasteiger charge is -2.14. The zero-order chi connectivity index (χ0) is 27.8. The van der Waals surface area contributed by atoms with Gasteiger partial charge in [-0.2, -0.15) is 32.0 Å². The van der Waals surface area contributed by atoms with E-state index in [9.17, 15) is 14.7 Å². The van der Waals surface area contributed by atoms with E-state index in [1.807, 2.05) is 61.5 Å². The molecule has 0 aliphatic heterocycles. The van der Waals surface area contributed by atoms with Crippen molar-refractivity contribution in [2.45, 2.75) is 46.5 Å². The molecule has 1 N–H and O–H groups in total. The molecule has 0 spiro atoms. The number of rotatable bonds is 8. The van der Waals surface area contributed by atoms with Crippen molar-refractivity contribution in [1.29, 1.82) is 0 Å². The molecule has 5 aromatic rings. The van der Waals surface area contributed by atoms with Crippen LogP contribution in [0.2, 0.25) is 0 Å². The number of hydrogen-bond acceptors (Lipinski definition) is 7. The van der Waals surface area contributed by atoms with E-state index >= 15 is 0 Å². The number of carbonyl (C=O) groups excluding carboxylic acids is 1. The standard InChI is InChI=1S/C32H29N3O4S.CH4.2H2S/c1-3-22(36)17-20-9-10-21(16-20)18-27(37)30-29-28-26(13-14-33-31(28)40-30)35(32(38)34-29)25-12-11-24(15-19(25)2)39-23-7-5-4-6-8-23;;;/h3-8,11-15,20-21,37H,1,9-10,16-18H2,2H3;1H4;2*1H2/t20-,21-;;;/m0.../s1. The van der Waals surface area contributed by atoms with Gasteiger partial charge in [0.1, 0.15) is 27.6 Å². The summed E-state index contributed by atoms with van der Waals surface area (Å²) in [7, 11) is 0. The number of nitrogens with zero attached hydrogens (tertiary/aromatic N) is 3. The molecule has 0 radical (unpaired) electrons. The molecule has 1 aliphatic rings. The van der Waals surface area contributed by atoms with Gasteiger partial charge in [-0.3, -0.25) is 9.36 Å². The van der Waals surface area contributed by atoms with Crippen molar-refractivity contribution in [3.8, 4) is 17.2 Å². The second kappa shape index (κ2) is 14.2. The Morgan fingerprint density at radius 1 is 1.09 bits per heavy atom. The highest BCUT2D eigenvalue weighted by atomic mass is 32.1. The van der Waals surface area contributed by atoms with Crippen LogP contribution in [0.5, 0.6) is 11.5 Å². The van der Waals surface area contributed by atoms with Gasteiger partial charge in [-0.1, -0.05) is 32.2 Å². The Morgan fingerprint density at radius 3 is 2.51 bits per heavy atom. The lowest BCUT2D eigenvalue weighted by molar-refractivity contribution is -0.115. The van der Waals surface area contributed by atoms with Crippen LogP contribution in [0, 0.1) is 18.8 Å². The number of aryl methyl sites for hydroxylation is 1. The molecular formula is C33H37N3O4S3. The Morgan fingerprint density at radius 2 is 1.81 bits per heavy atom. The Bertz CT molecular complexity index is 1870. The van der Waals surface area contributed by atoms with Crippen molar-refractivity contribution in [1.82, 2.24) is 14.5 Å². The highest BCUT2D eigenvalue weighted by Gasteiger charge is 2.27. The smallest absolute Gasteiger partial charge is 0.353 e. The van der Waals surface area contributed by atoms with Crippen molar-refractivity contribution < 1.29 is 14.6 Å². The molecule has 0 unspecified atom stereocenters. The number of pyridine rings is 1. The minimum absolute atomic E-state index is 0. The Kier molecular flexibility index (Phi) is 11.2. The van der Waals surface area contributed by atoms with E-state index in [0.29, 0.717) is 45.8 Å². The zero-order valence-corrected chi connectivity index (χ0v) is 26.0. The predicted molar refractivity (Wildman–Crippen MR) is 186 cm³/mol. The predicted octanol–water partition coefficient (Wildman–Crippen LogP) is 7.29. The number of hydrogen-bond donors (Lipinski definition) is 1. The van der Waals surface area contributed by atoms with Crippen LogP contribution in [-0.2, 0) is 4.79 Å². The summed E-state index contributed by atoms with van der Waals surface area (Å²) in [5.74, 6) is 2.32. The largest absolute Gasteiger partial charge is 0.511 e. The van der Waals surface area contributed by atoms with Crippen molar-refractivity contribution in [3.63, 3.8) is 0 Å². The summed E-state index contributed by atoms with van der Waals surface area (Å²) in [4.78, 5) is 35.0. The SMILES string of the molecule is C.C=CC(=O)C[C@H]1CC[C@H](CC(O)=c2sc3nccc4c3c2nc(=O)n4-c2ccc(Oc3ccccc3)cc2C)C1.S.S. The van der Waals surface area contributed by atoms with E-state index in [-0.39, 0.29) is 51.9 Å². The minimum atomic E-state index is -0.420. The number of allylic oxidation sites excluding steroid dienone is 1. The highest BCUT2D eigenvalue weighted by molar-refractivity contribution is 7.59. The lowest BCUT2D eigenvalue weighted by Crippen LogP contribution is -2.24. The molecule has 226 valence electrons. The molecule has 0 amide bonds. The first-order chi connectivity index (χ1) is 19.4. The molecule has 2 aromatic carbocycles. The summed E-state index contributed by atoms with van der Waals surface area (Å²) in [6, 6.07) is 17.0. The van der Waals surface area contributed by atoms with Gasteiger partial charge in [-0.05, 0) is 86.1 Å². The average Bonchev–Trinajstić information content (AvgIpc) is 3.55. The van der Waals surface area contributed by atoms with Gasteiger partial charge in [-0.15, -0.1) is 11.3 Å². The highest BCUT2D eigenvalue weighted by Crippen LogP contribution is 2.37. The number of thiophene rings is 1. The number of ketones is 1. The summed E-state index contributed by atoms with van der Waals surface area (Å²) in [5, 5.41) is 12.0. The summed E-state index contributed by atoms with van der Waals surface area (Å²) in [6.07, 6.45) is 6.89. The molecule has 10 heteroatoms. The van der Waals surface area contributed by atoms with Crippen molar-refractivity contribution in [2.75, 3.05) is 0 Å². The third kappa shape index (κ3) is 6.82. The van der Waals surface area contributed by atoms with Crippen LogP contribution in [0.3, 0.4) is 0 Å². The summed E-state index contributed by atoms with van der Waals surface area (Å²) in [5.41, 5.74) is 2.33. The molecule has 0 bridgehead atoms. The maximum absolute atomic E-state index is 13.5. The molecule has 43 heavy (non-hydrogen) atoms. The number of aliphatic hydroxyl groups is 1. The maximum Gasteiger partial charge on any atom is 0.353 e. The van der Waals surface area contributed by atoms with Crippen LogP contribution < -0.4 is 15.0 Å². The summed E-state index contributed by atoms with van der Waals surface area (Å²) in [6.45, 7) is 5.51. The van der Waals surface area contributed by atoms with Crippen LogP contribution in [-0.4, -0.2) is 25.4 Å². The Balaban J connectivity index is 0.00000169. The van der Waals surface area contributed by atoms with E-state index in [1.165, 1.54) is 17.4 Å². The topological polar surface area (TPSA) is 94.3 Å². The van der Waals surface area contributed by atoms with E-state index in [0.717, 1.165) is 40.8 Å². The van der Waals surface area contributed by atoms with Gasteiger partial charge in [-0.25, -0.2) is 9.78 Å². The monoisotopic (exact) mass is 635 g/mol. The van der Waals surface area contributed by atoms with Crippen molar-refractivity contribution in [3.05, 3.63) is 94.0 Å². The fourth-order valence-corrected chi connectivity index (χ4v) is 6.87. The molecule has 2 atom stereocenters. The first-order valence-electron chi connectivity index (χ1n) is 13.4. The van der Waals surface area contributed by atoms with Crippen LogP contribution in [0.4, 0.5) is 0 Å². The third-order valence-corrected chi connectivity index (χ3v) is 8.82. The van der Waals surface area contributed by atoms with Gasteiger partial charge in [0, 0.05) is 19.0 Å². The van der Waals surface area contributed by atoms with Crippen molar-refractivity contribution >= 4 is 71.1 Å². The van der Waals surface area contributed by atoms with Crippen LogP contribution in [0.25, 0.3) is 32.7 Å². The lowest BCUT2D eigenvalue weighted by atomic mass is 9.97. The molecule has 6 rings (SSSR count). The number of ether oxygens (including phenoxy) is 1. The van der Waals surface area contributed by atoms with Gasteiger partial charge in [0.15, 0.2) is 5.78 Å². The maximum atomic E-state index is 13.5. The molecule has 1 fully saturated rings. The molecule has 7 nitrogen and oxygen atoms in total. The van der Waals surface area contributed by atoms with E-state index in [2.05, 4.69) is 16.5 Å². The van der Waals surface area contributed by atoms with E-state index in [4.69, 9.17) is 4.74 Å². The van der Waals surface area contributed by atoms with Crippen LogP contribution in [0.1, 0.15) is 45.1 Å². The number of para-hydroxylation sites is 1. The first-order valence-corrected chi connectivity index (χ1v) is 14.2. The fourth-order valence-electron chi connectivity index (χ4n) is 5.81. The number of aromatic nitrogens is 3. The van der Waals surface area contributed by atoms with Gasteiger partial charge in [0.25, 0.3) is 0 Å². The second-order valence-electron chi connectivity index (χ2n) is 10.5. The Hall–Kier alpha value is -3.60. The normalized spacial score (nSPS) is 16.6. The molecule has 0 saturated heterocycles. The van der Waals surface area contributed by atoms with Crippen molar-refractivity contribution in [2.24, 2.45) is 11.8 Å². The van der Waals surface area contributed by atoms with Crippen LogP contribution in [0.15, 0.2) is 78.2 Å². The van der Waals surface area contributed by atoms with Gasteiger partial charge in [0.2, 0.25) is 0 Å². The number of aliphatic hydroxyl groups excluding tert-OH is 1. The third-order valence-electron chi connectivity index (χ3n) is 7.68. The number of carbonyl (C=O) groups is 1.